The van der Waals surface area contributed by atoms with E-state index in [0.29, 0.717) is 5.41 Å². The molecular formula is C15H26N2O2. The Labute approximate surface area is 116 Å². The number of hydrogen-bond acceptors (Lipinski definition) is 4. The Hall–Kier alpha value is -0.840. The number of hydrogen-bond donors (Lipinski definition) is 1. The van der Waals surface area contributed by atoms with Crippen LogP contribution in [0.2, 0.25) is 0 Å². The fraction of sp³-hybridized carbons (Fsp3) is 0.733. The van der Waals surface area contributed by atoms with Crippen LogP contribution < -0.4 is 5.32 Å². The van der Waals surface area contributed by atoms with Gasteiger partial charge in [-0.15, -0.1) is 0 Å². The first-order valence-electron chi connectivity index (χ1n) is 7.25. The topological polar surface area (TPSA) is 37.6 Å². The third-order valence-electron chi connectivity index (χ3n) is 4.07. The molecule has 19 heavy (non-hydrogen) atoms. The van der Waals surface area contributed by atoms with Crippen molar-refractivity contribution in [3.8, 4) is 0 Å². The maximum atomic E-state index is 5.53. The van der Waals surface area contributed by atoms with Crippen molar-refractivity contribution in [1.29, 1.82) is 0 Å². The quantitative estimate of drug-likeness (QED) is 0.820. The molecule has 0 aromatic carbocycles. The molecule has 1 saturated heterocycles. The van der Waals surface area contributed by atoms with Crippen LogP contribution in [0, 0.1) is 5.41 Å². The van der Waals surface area contributed by atoms with Crippen molar-refractivity contribution in [1.82, 2.24) is 10.2 Å². The van der Waals surface area contributed by atoms with Crippen LogP contribution in [0.25, 0.3) is 0 Å². The Morgan fingerprint density at radius 1 is 1.37 bits per heavy atom. The number of ether oxygens (including phenoxy) is 1. The first-order chi connectivity index (χ1) is 9.28. The molecule has 0 atom stereocenters. The van der Waals surface area contributed by atoms with Crippen LogP contribution in [0.15, 0.2) is 22.8 Å². The minimum atomic E-state index is 0.343. The Bertz CT molecular complexity index is 340. The first kappa shape index (κ1) is 14.6. The Kier molecular flexibility index (Phi) is 5.43. The van der Waals surface area contributed by atoms with Crippen LogP contribution in [0.4, 0.5) is 0 Å². The van der Waals surface area contributed by atoms with Gasteiger partial charge in [-0.25, -0.2) is 0 Å². The molecule has 0 spiro atoms. The molecule has 1 aliphatic heterocycles. The molecule has 1 N–H and O–H groups in total. The Morgan fingerprint density at radius 2 is 2.16 bits per heavy atom. The molecular weight excluding hydrogens is 240 g/mol. The maximum absolute atomic E-state index is 5.53. The monoisotopic (exact) mass is 266 g/mol. The van der Waals surface area contributed by atoms with Crippen LogP contribution in [-0.4, -0.2) is 44.8 Å². The van der Waals surface area contributed by atoms with Crippen molar-refractivity contribution >= 4 is 0 Å². The van der Waals surface area contributed by atoms with Gasteiger partial charge in [0, 0.05) is 26.3 Å². The molecule has 4 nitrogen and oxygen atoms in total. The predicted molar refractivity (Wildman–Crippen MR) is 76.1 cm³/mol. The van der Waals surface area contributed by atoms with Crippen LogP contribution in [0.5, 0.6) is 0 Å². The van der Waals surface area contributed by atoms with Gasteiger partial charge in [0.1, 0.15) is 5.76 Å². The molecule has 0 aliphatic carbocycles. The first-order valence-corrected chi connectivity index (χ1v) is 7.25. The van der Waals surface area contributed by atoms with Crippen molar-refractivity contribution in [3.05, 3.63) is 24.2 Å². The Morgan fingerprint density at radius 3 is 2.74 bits per heavy atom. The lowest BCUT2D eigenvalue weighted by molar-refractivity contribution is -0.00492. The summed E-state index contributed by atoms with van der Waals surface area (Å²) in [6.45, 7) is 8.11. The fourth-order valence-corrected chi connectivity index (χ4v) is 2.95. The number of furan rings is 1. The fourth-order valence-electron chi connectivity index (χ4n) is 2.95. The number of rotatable bonds is 7. The lowest BCUT2D eigenvalue weighted by Crippen LogP contribution is -2.46. The second-order valence-electron chi connectivity index (χ2n) is 5.53. The smallest absolute Gasteiger partial charge is 0.117 e. The summed E-state index contributed by atoms with van der Waals surface area (Å²) in [5.41, 5.74) is 0.343. The van der Waals surface area contributed by atoms with Crippen LogP contribution in [0.1, 0.15) is 25.5 Å². The highest BCUT2D eigenvalue weighted by molar-refractivity contribution is 4.98. The number of nitrogens with one attached hydrogen (secondary N) is 1. The summed E-state index contributed by atoms with van der Waals surface area (Å²) in [4.78, 5) is 2.47. The normalized spacial score (nSPS) is 18.9. The van der Waals surface area contributed by atoms with E-state index in [-0.39, 0.29) is 0 Å². The van der Waals surface area contributed by atoms with Gasteiger partial charge < -0.3 is 14.5 Å². The molecule has 0 radical (unpaired) electrons. The van der Waals surface area contributed by atoms with E-state index in [9.17, 15) is 0 Å². The summed E-state index contributed by atoms with van der Waals surface area (Å²) in [7, 11) is 2.04. The van der Waals surface area contributed by atoms with E-state index < -0.39 is 0 Å². The zero-order valence-electron chi connectivity index (χ0n) is 12.2. The van der Waals surface area contributed by atoms with E-state index in [1.165, 1.54) is 0 Å². The molecule has 0 bridgehead atoms. The summed E-state index contributed by atoms with van der Waals surface area (Å²) in [6, 6.07) is 4.01. The van der Waals surface area contributed by atoms with Crippen molar-refractivity contribution in [3.63, 3.8) is 0 Å². The average Bonchev–Trinajstić information content (AvgIpc) is 2.92. The lowest BCUT2D eigenvalue weighted by atomic mass is 9.79. The van der Waals surface area contributed by atoms with Gasteiger partial charge in [0.15, 0.2) is 0 Å². The average molecular weight is 266 g/mol. The van der Waals surface area contributed by atoms with Gasteiger partial charge in [0.2, 0.25) is 0 Å². The van der Waals surface area contributed by atoms with Crippen LogP contribution in [-0.2, 0) is 11.3 Å². The zero-order chi connectivity index (χ0) is 13.6. The predicted octanol–water partition coefficient (Wildman–Crippen LogP) is 2.12. The van der Waals surface area contributed by atoms with Crippen molar-refractivity contribution in [2.75, 3.05) is 39.9 Å². The summed E-state index contributed by atoms with van der Waals surface area (Å²) in [5, 5.41) is 3.36. The van der Waals surface area contributed by atoms with E-state index >= 15 is 0 Å². The summed E-state index contributed by atoms with van der Waals surface area (Å²) in [5.74, 6) is 1.05. The van der Waals surface area contributed by atoms with Gasteiger partial charge in [-0.05, 0) is 44.0 Å². The maximum Gasteiger partial charge on any atom is 0.117 e. The van der Waals surface area contributed by atoms with Crippen LogP contribution in [0.3, 0.4) is 0 Å². The summed E-state index contributed by atoms with van der Waals surface area (Å²) in [6.07, 6.45) is 4.03. The van der Waals surface area contributed by atoms with E-state index in [1.54, 1.807) is 6.26 Å². The number of nitrogens with zero attached hydrogens (tertiary/aromatic N) is 1. The van der Waals surface area contributed by atoms with E-state index in [4.69, 9.17) is 9.15 Å². The zero-order valence-corrected chi connectivity index (χ0v) is 12.2. The van der Waals surface area contributed by atoms with Crippen LogP contribution >= 0.6 is 0 Å². The largest absolute Gasteiger partial charge is 0.468 e. The molecule has 2 heterocycles. The highest BCUT2D eigenvalue weighted by Crippen LogP contribution is 2.31. The third kappa shape index (κ3) is 4.06. The van der Waals surface area contributed by atoms with Crippen molar-refractivity contribution < 1.29 is 9.15 Å². The standard InChI is InChI=1S/C15H26N2O2/c1-3-17(11-14-5-4-8-19-14)13-15(12-16-2)6-9-18-10-7-15/h4-5,8,16H,3,6-7,9-13H2,1-2H3. The van der Waals surface area contributed by atoms with E-state index in [2.05, 4.69) is 23.2 Å². The molecule has 1 aliphatic rings. The SMILES string of the molecule is CCN(Cc1ccco1)CC1(CNC)CCOCC1. The van der Waals surface area contributed by atoms with Gasteiger partial charge in [0.25, 0.3) is 0 Å². The molecule has 2 rings (SSSR count). The molecule has 0 saturated carbocycles. The summed E-state index contributed by atoms with van der Waals surface area (Å²) >= 11 is 0. The van der Waals surface area contributed by atoms with Gasteiger partial charge >= 0.3 is 0 Å². The molecule has 0 unspecified atom stereocenters. The van der Waals surface area contributed by atoms with Crippen molar-refractivity contribution in [2.24, 2.45) is 5.41 Å². The highest BCUT2D eigenvalue weighted by Gasteiger charge is 2.33. The van der Waals surface area contributed by atoms with Gasteiger partial charge in [0.05, 0.1) is 12.8 Å². The highest BCUT2D eigenvalue weighted by atomic mass is 16.5. The molecule has 0 amide bonds. The van der Waals surface area contributed by atoms with Crippen molar-refractivity contribution in [2.45, 2.75) is 26.3 Å². The summed E-state index contributed by atoms with van der Waals surface area (Å²) < 4.78 is 11.0. The minimum Gasteiger partial charge on any atom is -0.468 e. The van der Waals surface area contributed by atoms with Gasteiger partial charge in [-0.1, -0.05) is 6.92 Å². The molecule has 108 valence electrons. The van der Waals surface area contributed by atoms with E-state index in [1.807, 2.05) is 13.1 Å². The van der Waals surface area contributed by atoms with E-state index in [0.717, 1.165) is 58.0 Å². The molecule has 1 aromatic heterocycles. The molecule has 4 heteroatoms. The third-order valence-corrected chi connectivity index (χ3v) is 4.07. The second kappa shape index (κ2) is 7.08. The minimum absolute atomic E-state index is 0.343. The molecule has 1 fully saturated rings. The lowest BCUT2D eigenvalue weighted by Gasteiger charge is -2.40. The molecule has 1 aromatic rings. The van der Waals surface area contributed by atoms with Gasteiger partial charge in [-0.3, -0.25) is 4.90 Å². The van der Waals surface area contributed by atoms with Gasteiger partial charge in [-0.2, -0.15) is 0 Å². The Balaban J connectivity index is 1.97. The second-order valence-corrected chi connectivity index (χ2v) is 5.53.